The molecule has 0 amide bonds. The highest BCUT2D eigenvalue weighted by Gasteiger charge is 2.37. The first-order valence-corrected chi connectivity index (χ1v) is 13.0. The summed E-state index contributed by atoms with van der Waals surface area (Å²) in [6.07, 6.45) is -4.86. The molecule has 42 heavy (non-hydrogen) atoms. The van der Waals surface area contributed by atoms with Crippen LogP contribution >= 0.6 is 23.2 Å². The molecule has 0 saturated heterocycles. The van der Waals surface area contributed by atoms with Crippen molar-refractivity contribution >= 4 is 46.0 Å². The highest BCUT2D eigenvalue weighted by molar-refractivity contribution is 6.34. The number of fused-ring (bicyclic) bond motifs is 1. The normalized spacial score (nSPS) is 11.5. The average Bonchev–Trinajstić information content (AvgIpc) is 3.33. The number of aromatic nitrogens is 2. The quantitative estimate of drug-likeness (QED) is 0.200. The van der Waals surface area contributed by atoms with Crippen LogP contribution in [0.5, 0.6) is 11.5 Å². The van der Waals surface area contributed by atoms with E-state index in [4.69, 9.17) is 32.7 Å². The minimum Gasteiger partial charge on any atom is -0.497 e. The fraction of sp³-hybridized carbons (Fsp3) is 0.100. The van der Waals surface area contributed by atoms with Gasteiger partial charge < -0.3 is 14.6 Å². The van der Waals surface area contributed by atoms with Crippen molar-refractivity contribution in [2.45, 2.75) is 12.8 Å². The van der Waals surface area contributed by atoms with Crippen LogP contribution in [0, 0.1) is 0 Å². The molecule has 1 N–H and O–H groups in total. The van der Waals surface area contributed by atoms with Crippen molar-refractivity contribution in [3.05, 3.63) is 111 Å². The van der Waals surface area contributed by atoms with E-state index >= 15 is 0 Å². The van der Waals surface area contributed by atoms with E-state index in [0.29, 0.717) is 16.7 Å². The Labute approximate surface area is 246 Å². The molecule has 0 radical (unpaired) electrons. The molecule has 5 rings (SSSR count). The molecule has 0 saturated carbocycles. The third kappa shape index (κ3) is 5.63. The second kappa shape index (κ2) is 11.4. The van der Waals surface area contributed by atoms with E-state index in [0.717, 1.165) is 16.8 Å². The number of rotatable bonds is 7. The molecule has 7 nitrogen and oxygen atoms in total. The summed E-state index contributed by atoms with van der Waals surface area (Å²) in [5, 5.41) is 14.2. The summed E-state index contributed by atoms with van der Waals surface area (Å²) >= 11 is 12.4. The van der Waals surface area contributed by atoms with Gasteiger partial charge in [-0.1, -0.05) is 41.4 Å². The molecule has 1 aromatic heterocycles. The number of carboxylic acid groups (broad SMARTS) is 1. The summed E-state index contributed by atoms with van der Waals surface area (Å²) in [5.41, 5.74) is -0.804. The number of halogens is 5. The number of hydrogen-bond acceptors (Lipinski definition) is 5. The van der Waals surface area contributed by atoms with Crippen LogP contribution in [0.3, 0.4) is 0 Å². The van der Waals surface area contributed by atoms with Crippen molar-refractivity contribution in [1.29, 1.82) is 0 Å². The SMILES string of the molecule is COc1cccc(COc2cc(C(=O)O)ccc2-c2nn(C(=O)c3c(Cl)cccc3C(F)(F)F)c3ccc(Cl)cc23)c1. The molecule has 0 aliphatic carbocycles. The van der Waals surface area contributed by atoms with Gasteiger partial charge in [0.25, 0.3) is 5.91 Å². The van der Waals surface area contributed by atoms with Crippen LogP contribution in [0.4, 0.5) is 13.2 Å². The summed E-state index contributed by atoms with van der Waals surface area (Å²) in [6.45, 7) is 0.0141. The minimum absolute atomic E-state index is 0.0141. The maximum absolute atomic E-state index is 13.8. The second-order valence-corrected chi connectivity index (χ2v) is 9.89. The smallest absolute Gasteiger partial charge is 0.417 e. The van der Waals surface area contributed by atoms with Gasteiger partial charge in [0.1, 0.15) is 23.8 Å². The summed E-state index contributed by atoms with van der Waals surface area (Å²) in [4.78, 5) is 25.4. The maximum Gasteiger partial charge on any atom is 0.417 e. The van der Waals surface area contributed by atoms with Crippen LogP contribution < -0.4 is 9.47 Å². The first-order chi connectivity index (χ1) is 20.0. The Kier molecular flexibility index (Phi) is 7.85. The molecule has 0 spiro atoms. The van der Waals surface area contributed by atoms with Gasteiger partial charge in [0.05, 0.1) is 34.3 Å². The number of carbonyl (C=O) groups is 2. The molecule has 214 valence electrons. The highest BCUT2D eigenvalue weighted by atomic mass is 35.5. The molecule has 0 atom stereocenters. The number of nitrogens with zero attached hydrogens (tertiary/aromatic N) is 2. The molecular formula is C30H19Cl2F3N2O5. The first kappa shape index (κ1) is 29.0. The fourth-order valence-electron chi connectivity index (χ4n) is 4.42. The van der Waals surface area contributed by atoms with E-state index < -0.39 is 34.2 Å². The Hall–Kier alpha value is -4.54. The lowest BCUT2D eigenvalue weighted by atomic mass is 10.0. The number of hydrogen-bond donors (Lipinski definition) is 1. The molecular weight excluding hydrogens is 596 g/mol. The van der Waals surface area contributed by atoms with Gasteiger partial charge in [-0.3, -0.25) is 4.79 Å². The van der Waals surface area contributed by atoms with Crippen molar-refractivity contribution in [3.63, 3.8) is 0 Å². The summed E-state index contributed by atoms with van der Waals surface area (Å²) in [7, 11) is 1.52. The monoisotopic (exact) mass is 614 g/mol. The Bertz CT molecular complexity index is 1850. The lowest BCUT2D eigenvalue weighted by molar-refractivity contribution is -0.137. The van der Waals surface area contributed by atoms with Gasteiger partial charge in [-0.15, -0.1) is 0 Å². The molecule has 0 aliphatic heterocycles. The first-order valence-electron chi connectivity index (χ1n) is 12.2. The van der Waals surface area contributed by atoms with Gasteiger partial charge in [0.2, 0.25) is 0 Å². The Morgan fingerprint density at radius 2 is 1.74 bits per heavy atom. The zero-order valence-corrected chi connectivity index (χ0v) is 23.1. The molecule has 0 unspecified atom stereocenters. The van der Waals surface area contributed by atoms with Gasteiger partial charge in [-0.05, 0) is 66.2 Å². The highest BCUT2D eigenvalue weighted by Crippen LogP contribution is 2.39. The van der Waals surface area contributed by atoms with Crippen molar-refractivity contribution in [1.82, 2.24) is 9.78 Å². The summed E-state index contributed by atoms with van der Waals surface area (Å²) < 4.78 is 53.6. The number of methoxy groups -OCH3 is 1. The third-order valence-corrected chi connectivity index (χ3v) is 6.93. The number of carboxylic acids is 1. The minimum atomic E-state index is -4.86. The Morgan fingerprint density at radius 3 is 2.45 bits per heavy atom. The maximum atomic E-state index is 13.8. The second-order valence-electron chi connectivity index (χ2n) is 9.04. The molecule has 0 fully saturated rings. The number of ether oxygens (including phenoxy) is 2. The number of benzene rings is 4. The van der Waals surface area contributed by atoms with Gasteiger partial charge in [-0.2, -0.15) is 23.0 Å². The van der Waals surface area contributed by atoms with E-state index in [1.165, 1.54) is 49.6 Å². The third-order valence-electron chi connectivity index (χ3n) is 6.38. The van der Waals surface area contributed by atoms with E-state index in [9.17, 15) is 27.9 Å². The number of alkyl halides is 3. The van der Waals surface area contributed by atoms with Crippen LogP contribution in [0.25, 0.3) is 22.2 Å². The predicted octanol–water partition coefficient (Wildman–Crippen LogP) is 8.00. The van der Waals surface area contributed by atoms with Crippen molar-refractivity contribution in [2.75, 3.05) is 7.11 Å². The number of carbonyl (C=O) groups excluding carboxylic acids is 1. The summed E-state index contributed by atoms with van der Waals surface area (Å²) in [6, 6.07) is 18.6. The number of aromatic carboxylic acids is 1. The molecule has 5 aromatic rings. The van der Waals surface area contributed by atoms with Crippen LogP contribution in [0.2, 0.25) is 10.0 Å². The average molecular weight is 615 g/mol. The van der Waals surface area contributed by atoms with Crippen molar-refractivity contribution in [3.8, 4) is 22.8 Å². The molecule has 0 aliphatic rings. The lowest BCUT2D eigenvalue weighted by Gasteiger charge is -2.14. The molecule has 1 heterocycles. The van der Waals surface area contributed by atoms with Gasteiger partial charge in [0.15, 0.2) is 0 Å². The van der Waals surface area contributed by atoms with E-state index in [2.05, 4.69) is 5.10 Å². The predicted molar refractivity (Wildman–Crippen MR) is 151 cm³/mol. The van der Waals surface area contributed by atoms with E-state index in [-0.39, 0.29) is 39.7 Å². The van der Waals surface area contributed by atoms with Crippen LogP contribution in [-0.2, 0) is 12.8 Å². The fourth-order valence-corrected chi connectivity index (χ4v) is 4.85. The van der Waals surface area contributed by atoms with Crippen LogP contribution in [-0.4, -0.2) is 33.9 Å². The largest absolute Gasteiger partial charge is 0.497 e. The van der Waals surface area contributed by atoms with Crippen molar-refractivity contribution in [2.24, 2.45) is 0 Å². The van der Waals surface area contributed by atoms with E-state index in [1.54, 1.807) is 24.3 Å². The molecule has 4 aromatic carbocycles. The molecule has 12 heteroatoms. The van der Waals surface area contributed by atoms with Crippen LogP contribution in [0.1, 0.15) is 31.8 Å². The topological polar surface area (TPSA) is 90.7 Å². The standard InChI is InChI=1S/C30H19Cl2F3N2O5/c1-41-19-5-2-4-16(12-19)15-42-25-13-17(29(39)40)8-10-20(25)27-21-14-18(31)9-11-24(21)37(36-27)28(38)26-22(30(33,34)35)6-3-7-23(26)32/h2-14H,15H2,1H3,(H,39,40). The summed E-state index contributed by atoms with van der Waals surface area (Å²) in [5.74, 6) is -1.64. The van der Waals surface area contributed by atoms with Gasteiger partial charge >= 0.3 is 12.1 Å². The molecule has 0 bridgehead atoms. The Balaban J connectivity index is 1.68. The lowest BCUT2D eigenvalue weighted by Crippen LogP contribution is -2.20. The van der Waals surface area contributed by atoms with Gasteiger partial charge in [0, 0.05) is 16.0 Å². The van der Waals surface area contributed by atoms with Crippen molar-refractivity contribution < 1.29 is 37.3 Å². The Morgan fingerprint density at radius 1 is 0.976 bits per heavy atom. The van der Waals surface area contributed by atoms with Crippen LogP contribution in [0.15, 0.2) is 78.9 Å². The zero-order chi connectivity index (χ0) is 30.2. The van der Waals surface area contributed by atoms with Gasteiger partial charge in [-0.25, -0.2) is 4.79 Å². The zero-order valence-electron chi connectivity index (χ0n) is 21.6. The van der Waals surface area contributed by atoms with E-state index in [1.807, 2.05) is 0 Å².